The van der Waals surface area contributed by atoms with Gasteiger partial charge in [0.2, 0.25) is 0 Å². The number of rotatable bonds is 5. The first kappa shape index (κ1) is 11.9. The third-order valence-corrected chi connectivity index (χ3v) is 1.87. The Morgan fingerprint density at radius 1 is 0.875 bits per heavy atom. The van der Waals surface area contributed by atoms with Crippen LogP contribution in [0.25, 0.3) is 6.08 Å². The molecule has 0 fully saturated rings. The van der Waals surface area contributed by atoms with Crippen molar-refractivity contribution in [2.75, 3.05) is 0 Å². The lowest BCUT2D eigenvalue weighted by atomic mass is 10.1. The third-order valence-electron chi connectivity index (χ3n) is 1.87. The Morgan fingerprint density at radius 3 is 1.94 bits per heavy atom. The van der Waals surface area contributed by atoms with Crippen molar-refractivity contribution < 1.29 is 9.59 Å². The van der Waals surface area contributed by atoms with E-state index in [0.717, 1.165) is 11.1 Å². The van der Waals surface area contributed by atoms with E-state index in [9.17, 15) is 9.59 Å². The molecule has 0 N–H and O–H groups in total. The maximum atomic E-state index is 10.2. The lowest BCUT2D eigenvalue weighted by Crippen LogP contribution is -1.76. The van der Waals surface area contributed by atoms with Crippen molar-refractivity contribution in [2.45, 2.75) is 0 Å². The van der Waals surface area contributed by atoms with E-state index in [1.165, 1.54) is 12.2 Å². The quantitative estimate of drug-likeness (QED) is 0.427. The van der Waals surface area contributed by atoms with Gasteiger partial charge in [-0.2, -0.15) is 0 Å². The molecule has 2 heteroatoms. The van der Waals surface area contributed by atoms with Gasteiger partial charge < -0.3 is 0 Å². The molecule has 0 aliphatic rings. The summed E-state index contributed by atoms with van der Waals surface area (Å²) < 4.78 is 0. The van der Waals surface area contributed by atoms with E-state index in [1.54, 1.807) is 12.2 Å². The second-order valence-corrected chi connectivity index (χ2v) is 3.05. The van der Waals surface area contributed by atoms with E-state index in [4.69, 9.17) is 0 Å². The van der Waals surface area contributed by atoms with Gasteiger partial charge in [0, 0.05) is 0 Å². The highest BCUT2D eigenvalue weighted by atomic mass is 16.1. The van der Waals surface area contributed by atoms with Crippen molar-refractivity contribution in [3.05, 3.63) is 65.8 Å². The Hall–Kier alpha value is -2.22. The fourth-order valence-corrected chi connectivity index (χ4v) is 1.19. The van der Waals surface area contributed by atoms with Crippen molar-refractivity contribution in [2.24, 2.45) is 0 Å². The van der Waals surface area contributed by atoms with Crippen LogP contribution in [0.5, 0.6) is 0 Å². The highest BCUT2D eigenvalue weighted by Crippen LogP contribution is 2.08. The number of aldehydes is 2. The number of benzene rings is 1. The molecule has 0 amide bonds. The highest BCUT2D eigenvalue weighted by molar-refractivity contribution is 5.72. The van der Waals surface area contributed by atoms with Gasteiger partial charge in [-0.3, -0.25) is 9.59 Å². The molecule has 0 radical (unpaired) electrons. The molecule has 1 aromatic carbocycles. The normalized spacial score (nSPS) is 10.5. The standard InChI is InChI=1S/C14H12O2/c15-10-4-8-14(9-5-11-16)12-13-6-2-1-3-7-13/h1-12H/b8-4+,9-5+. The van der Waals surface area contributed by atoms with Crippen LogP contribution >= 0.6 is 0 Å². The molecule has 1 aromatic rings. The highest BCUT2D eigenvalue weighted by Gasteiger charge is 1.88. The van der Waals surface area contributed by atoms with Gasteiger partial charge in [-0.05, 0) is 29.4 Å². The van der Waals surface area contributed by atoms with Crippen molar-refractivity contribution in [3.8, 4) is 0 Å². The molecule has 1 rings (SSSR count). The van der Waals surface area contributed by atoms with Gasteiger partial charge in [0.25, 0.3) is 0 Å². The van der Waals surface area contributed by atoms with Crippen molar-refractivity contribution >= 4 is 18.6 Å². The molecule has 0 aliphatic carbocycles. The molecule has 0 saturated carbocycles. The summed E-state index contributed by atoms with van der Waals surface area (Å²) in [6.07, 6.45) is 9.38. The van der Waals surface area contributed by atoms with Crippen LogP contribution in [0.2, 0.25) is 0 Å². The Bertz CT molecular complexity index is 405. The predicted molar refractivity (Wildman–Crippen MR) is 64.8 cm³/mol. The van der Waals surface area contributed by atoms with E-state index in [2.05, 4.69) is 0 Å². The summed E-state index contributed by atoms with van der Waals surface area (Å²) in [6.45, 7) is 0. The molecule has 0 bridgehead atoms. The number of allylic oxidation sites excluding steroid dienone is 5. The maximum absolute atomic E-state index is 10.2. The van der Waals surface area contributed by atoms with Crippen LogP contribution in [0.15, 0.2) is 60.2 Å². The van der Waals surface area contributed by atoms with Crippen molar-refractivity contribution in [3.63, 3.8) is 0 Å². The van der Waals surface area contributed by atoms with Gasteiger partial charge >= 0.3 is 0 Å². The van der Waals surface area contributed by atoms with E-state index >= 15 is 0 Å². The van der Waals surface area contributed by atoms with Crippen LogP contribution in [0, 0.1) is 0 Å². The van der Waals surface area contributed by atoms with Crippen LogP contribution in [0.1, 0.15) is 5.56 Å². The summed E-state index contributed by atoms with van der Waals surface area (Å²) in [5.74, 6) is 0. The Kier molecular flexibility index (Phi) is 5.28. The summed E-state index contributed by atoms with van der Waals surface area (Å²) in [6, 6.07) is 9.68. The van der Waals surface area contributed by atoms with Crippen LogP contribution < -0.4 is 0 Å². The fraction of sp³-hybridized carbons (Fsp3) is 0. The molecule has 80 valence electrons. The second kappa shape index (κ2) is 7.12. The monoisotopic (exact) mass is 212 g/mol. The minimum Gasteiger partial charge on any atom is -0.299 e. The number of carbonyl (C=O) groups is 2. The Morgan fingerprint density at radius 2 is 1.44 bits per heavy atom. The van der Waals surface area contributed by atoms with E-state index in [0.29, 0.717) is 12.6 Å². The zero-order chi connectivity index (χ0) is 11.6. The molecule has 0 unspecified atom stereocenters. The summed E-state index contributed by atoms with van der Waals surface area (Å²) in [5, 5.41) is 0. The lowest BCUT2D eigenvalue weighted by molar-refractivity contribution is -0.104. The molecule has 16 heavy (non-hydrogen) atoms. The first-order valence-corrected chi connectivity index (χ1v) is 4.87. The zero-order valence-electron chi connectivity index (χ0n) is 8.74. The van der Waals surface area contributed by atoms with E-state index < -0.39 is 0 Å². The zero-order valence-corrected chi connectivity index (χ0v) is 8.74. The van der Waals surface area contributed by atoms with Gasteiger partial charge in [0.1, 0.15) is 12.6 Å². The van der Waals surface area contributed by atoms with Gasteiger partial charge in [-0.25, -0.2) is 0 Å². The predicted octanol–water partition coefficient (Wildman–Crippen LogP) is 2.58. The molecule has 2 nitrogen and oxygen atoms in total. The minimum atomic E-state index is 0.702. The molecule has 0 aromatic heterocycles. The molecular weight excluding hydrogens is 200 g/mol. The van der Waals surface area contributed by atoms with Crippen LogP contribution in [0.3, 0.4) is 0 Å². The third kappa shape index (κ3) is 4.33. The maximum Gasteiger partial charge on any atom is 0.142 e. The summed E-state index contributed by atoms with van der Waals surface area (Å²) >= 11 is 0. The molecule has 0 atom stereocenters. The SMILES string of the molecule is O=C/C=C/C(=Cc1ccccc1)/C=C/C=O. The average molecular weight is 212 g/mol. The van der Waals surface area contributed by atoms with E-state index in [-0.39, 0.29) is 0 Å². The van der Waals surface area contributed by atoms with Crippen LogP contribution in [-0.2, 0) is 9.59 Å². The molecule has 0 aliphatic heterocycles. The van der Waals surface area contributed by atoms with Gasteiger partial charge in [-0.1, -0.05) is 42.5 Å². The summed E-state index contributed by atoms with van der Waals surface area (Å²) in [7, 11) is 0. The van der Waals surface area contributed by atoms with Crippen LogP contribution in [-0.4, -0.2) is 12.6 Å². The number of hydrogen-bond acceptors (Lipinski definition) is 2. The lowest BCUT2D eigenvalue weighted by Gasteiger charge is -1.95. The molecule has 0 saturated heterocycles. The van der Waals surface area contributed by atoms with Gasteiger partial charge in [0.15, 0.2) is 0 Å². The molecular formula is C14H12O2. The largest absolute Gasteiger partial charge is 0.299 e. The molecule has 0 heterocycles. The topological polar surface area (TPSA) is 34.1 Å². The van der Waals surface area contributed by atoms with Crippen molar-refractivity contribution in [1.29, 1.82) is 0 Å². The smallest absolute Gasteiger partial charge is 0.142 e. The first-order chi connectivity index (χ1) is 7.86. The summed E-state index contributed by atoms with van der Waals surface area (Å²) in [5.41, 5.74) is 1.81. The second-order valence-electron chi connectivity index (χ2n) is 3.05. The number of carbonyl (C=O) groups excluding carboxylic acids is 2. The Labute approximate surface area is 94.6 Å². The number of hydrogen-bond donors (Lipinski definition) is 0. The molecule has 0 spiro atoms. The fourth-order valence-electron chi connectivity index (χ4n) is 1.19. The minimum absolute atomic E-state index is 0.702. The van der Waals surface area contributed by atoms with Gasteiger partial charge in [-0.15, -0.1) is 0 Å². The Balaban J connectivity index is 2.95. The van der Waals surface area contributed by atoms with Crippen molar-refractivity contribution in [1.82, 2.24) is 0 Å². The average Bonchev–Trinajstić information content (AvgIpc) is 2.34. The van der Waals surface area contributed by atoms with Gasteiger partial charge in [0.05, 0.1) is 0 Å². The summed E-state index contributed by atoms with van der Waals surface area (Å²) in [4.78, 5) is 20.5. The van der Waals surface area contributed by atoms with E-state index in [1.807, 2.05) is 36.4 Å². The first-order valence-electron chi connectivity index (χ1n) is 4.87. The van der Waals surface area contributed by atoms with Crippen LogP contribution in [0.4, 0.5) is 0 Å².